The molecule has 226 valence electrons. The number of thioether (sulfide) groups is 1. The molecule has 0 bridgehead atoms. The van der Waals surface area contributed by atoms with Crippen molar-refractivity contribution in [3.63, 3.8) is 0 Å². The van der Waals surface area contributed by atoms with Gasteiger partial charge in [-0.3, -0.25) is 14.5 Å². The monoisotopic (exact) mass is 611 g/mol. The molecule has 1 unspecified atom stereocenters. The number of benzene rings is 3. The average molecular weight is 612 g/mol. The Bertz CT molecular complexity index is 1510. The SMILES string of the molecule is CCc1cccc(C)c1N1C(=O)CSC1=NC(=O)NC(C)Cc1ccc(CC(=O)Cc2ccc(OC(F)(F)F)cc2)cc1. The summed E-state index contributed by atoms with van der Waals surface area (Å²) < 4.78 is 40.8. The van der Waals surface area contributed by atoms with Gasteiger partial charge in [0.15, 0.2) is 5.17 Å². The Kier molecular flexibility index (Phi) is 10.3. The summed E-state index contributed by atoms with van der Waals surface area (Å²) in [5.41, 5.74) is 5.09. The Hall–Kier alpha value is -4.12. The molecule has 7 nitrogen and oxygen atoms in total. The van der Waals surface area contributed by atoms with E-state index in [1.807, 2.05) is 63.2 Å². The van der Waals surface area contributed by atoms with Crippen LogP contribution in [0.2, 0.25) is 0 Å². The summed E-state index contributed by atoms with van der Waals surface area (Å²) in [6.45, 7) is 5.82. The van der Waals surface area contributed by atoms with Crippen LogP contribution < -0.4 is 15.0 Å². The molecule has 11 heteroatoms. The number of nitrogens with zero attached hydrogens (tertiary/aromatic N) is 2. The van der Waals surface area contributed by atoms with Crippen LogP contribution in [0.1, 0.15) is 41.7 Å². The molecule has 1 heterocycles. The van der Waals surface area contributed by atoms with Crippen LogP contribution in [0, 0.1) is 6.92 Å². The number of anilines is 1. The van der Waals surface area contributed by atoms with Crippen molar-refractivity contribution in [2.75, 3.05) is 10.7 Å². The second-order valence-corrected chi connectivity index (χ2v) is 11.2. The highest BCUT2D eigenvalue weighted by Gasteiger charge is 2.33. The highest BCUT2D eigenvalue weighted by atomic mass is 32.2. The van der Waals surface area contributed by atoms with Crippen LogP contribution in [0.5, 0.6) is 5.75 Å². The van der Waals surface area contributed by atoms with Crippen LogP contribution >= 0.6 is 11.8 Å². The zero-order valence-electron chi connectivity index (χ0n) is 24.0. The van der Waals surface area contributed by atoms with Crippen molar-refractivity contribution in [2.24, 2.45) is 4.99 Å². The summed E-state index contributed by atoms with van der Waals surface area (Å²) in [7, 11) is 0. The van der Waals surface area contributed by atoms with Crippen molar-refractivity contribution < 1.29 is 32.3 Å². The highest BCUT2D eigenvalue weighted by Crippen LogP contribution is 2.33. The fourth-order valence-electron chi connectivity index (χ4n) is 4.84. The summed E-state index contributed by atoms with van der Waals surface area (Å²) in [6, 6.07) is 17.8. The second-order valence-electron chi connectivity index (χ2n) is 10.3. The number of Topliss-reactive ketones (excluding diaryl/α,β-unsaturated/α-hetero) is 1. The number of hydrogen-bond donors (Lipinski definition) is 1. The maximum atomic E-state index is 12.8. The number of alkyl halides is 3. The quantitative estimate of drug-likeness (QED) is 0.280. The number of halogens is 3. The van der Waals surface area contributed by atoms with E-state index >= 15 is 0 Å². The smallest absolute Gasteiger partial charge is 0.406 e. The average Bonchev–Trinajstić information content (AvgIpc) is 3.28. The number of rotatable bonds is 10. The van der Waals surface area contributed by atoms with Gasteiger partial charge in [0, 0.05) is 18.9 Å². The summed E-state index contributed by atoms with van der Waals surface area (Å²) >= 11 is 1.24. The third-order valence-corrected chi connectivity index (χ3v) is 7.71. The number of hydrogen-bond acceptors (Lipinski definition) is 5. The lowest BCUT2D eigenvalue weighted by Crippen LogP contribution is -2.35. The number of nitrogens with one attached hydrogen (secondary N) is 1. The first kappa shape index (κ1) is 31.8. The molecule has 3 aromatic carbocycles. The lowest BCUT2D eigenvalue weighted by Gasteiger charge is -2.22. The summed E-state index contributed by atoms with van der Waals surface area (Å²) in [4.78, 5) is 43.8. The van der Waals surface area contributed by atoms with Gasteiger partial charge in [-0.05, 0) is 66.6 Å². The summed E-state index contributed by atoms with van der Waals surface area (Å²) in [5, 5.41) is 3.23. The van der Waals surface area contributed by atoms with Gasteiger partial charge in [-0.25, -0.2) is 4.79 Å². The van der Waals surface area contributed by atoms with Crippen molar-refractivity contribution in [2.45, 2.75) is 58.9 Å². The predicted molar refractivity (Wildman–Crippen MR) is 162 cm³/mol. The van der Waals surface area contributed by atoms with E-state index in [2.05, 4.69) is 15.0 Å². The number of para-hydroxylation sites is 1. The van der Waals surface area contributed by atoms with Crippen molar-refractivity contribution in [1.82, 2.24) is 5.32 Å². The Morgan fingerprint density at radius 3 is 2.21 bits per heavy atom. The van der Waals surface area contributed by atoms with Gasteiger partial charge in [-0.2, -0.15) is 4.99 Å². The number of ketones is 1. The number of carbonyl (C=O) groups excluding carboxylic acids is 3. The van der Waals surface area contributed by atoms with Crippen molar-refractivity contribution in [1.29, 1.82) is 0 Å². The maximum absolute atomic E-state index is 12.8. The zero-order chi connectivity index (χ0) is 31.1. The van der Waals surface area contributed by atoms with Crippen LogP contribution in [0.3, 0.4) is 0 Å². The van der Waals surface area contributed by atoms with Gasteiger partial charge in [0.25, 0.3) is 0 Å². The Morgan fingerprint density at radius 2 is 1.60 bits per heavy atom. The molecule has 0 aromatic heterocycles. The fraction of sp³-hybridized carbons (Fsp3) is 0.312. The van der Waals surface area contributed by atoms with Gasteiger partial charge < -0.3 is 10.1 Å². The van der Waals surface area contributed by atoms with E-state index < -0.39 is 12.4 Å². The molecule has 1 fully saturated rings. The normalized spacial score (nSPS) is 15.1. The van der Waals surface area contributed by atoms with E-state index in [1.165, 1.54) is 36.0 Å². The molecule has 0 saturated carbocycles. The van der Waals surface area contributed by atoms with Crippen molar-refractivity contribution in [3.8, 4) is 5.75 Å². The summed E-state index contributed by atoms with van der Waals surface area (Å²) in [6.07, 6.45) is -3.22. The molecule has 3 aromatic rings. The maximum Gasteiger partial charge on any atom is 0.573 e. The van der Waals surface area contributed by atoms with Crippen molar-refractivity contribution in [3.05, 3.63) is 94.5 Å². The zero-order valence-corrected chi connectivity index (χ0v) is 24.8. The van der Waals surface area contributed by atoms with Gasteiger partial charge in [-0.1, -0.05) is 73.3 Å². The number of amides is 3. The first-order valence-electron chi connectivity index (χ1n) is 13.8. The third-order valence-electron chi connectivity index (χ3n) is 6.78. The number of aliphatic imine (C=N–C) groups is 1. The van der Waals surface area contributed by atoms with Crippen LogP contribution in [0.4, 0.5) is 23.7 Å². The van der Waals surface area contributed by atoms with E-state index in [0.717, 1.165) is 34.4 Å². The molecule has 43 heavy (non-hydrogen) atoms. The highest BCUT2D eigenvalue weighted by molar-refractivity contribution is 8.15. The molecule has 1 saturated heterocycles. The van der Waals surface area contributed by atoms with Crippen LogP contribution in [0.25, 0.3) is 0 Å². The van der Waals surface area contributed by atoms with Crippen LogP contribution in [-0.2, 0) is 35.3 Å². The molecule has 0 spiro atoms. The largest absolute Gasteiger partial charge is 0.573 e. The molecule has 0 aliphatic carbocycles. The minimum atomic E-state index is -4.76. The van der Waals surface area contributed by atoms with Gasteiger partial charge >= 0.3 is 12.4 Å². The van der Waals surface area contributed by atoms with E-state index in [1.54, 1.807) is 4.90 Å². The Morgan fingerprint density at radius 1 is 1.00 bits per heavy atom. The molecule has 0 radical (unpaired) electrons. The molecular formula is C32H32F3N3O4S. The minimum absolute atomic E-state index is 0.0777. The first-order valence-corrected chi connectivity index (χ1v) is 14.8. The Labute approximate surface area is 252 Å². The lowest BCUT2D eigenvalue weighted by molar-refractivity contribution is -0.274. The van der Waals surface area contributed by atoms with Gasteiger partial charge in [0.1, 0.15) is 11.5 Å². The van der Waals surface area contributed by atoms with E-state index in [-0.39, 0.29) is 42.1 Å². The predicted octanol–water partition coefficient (Wildman–Crippen LogP) is 6.59. The standard InChI is InChI=1S/C32H32F3N3O4S/c1-4-25-7-5-6-20(2)29(25)38-28(40)19-43-31(38)37-30(41)36-21(3)16-22-8-10-23(11-9-22)17-26(39)18-24-12-14-27(15-13-24)42-32(33,34)35/h5-15,21H,4,16-19H2,1-3H3,(H,36,41). The topological polar surface area (TPSA) is 88.1 Å². The fourth-order valence-corrected chi connectivity index (χ4v) is 5.70. The van der Waals surface area contributed by atoms with E-state index in [0.29, 0.717) is 17.2 Å². The lowest BCUT2D eigenvalue weighted by atomic mass is 10.00. The summed E-state index contributed by atoms with van der Waals surface area (Å²) in [5.74, 6) is -0.303. The van der Waals surface area contributed by atoms with E-state index in [9.17, 15) is 27.6 Å². The van der Waals surface area contributed by atoms with Gasteiger partial charge in [0.05, 0.1) is 11.4 Å². The third kappa shape index (κ3) is 8.93. The molecular weight excluding hydrogens is 579 g/mol. The van der Waals surface area contributed by atoms with Crippen molar-refractivity contribution >= 4 is 40.3 Å². The van der Waals surface area contributed by atoms with Gasteiger partial charge in [0.2, 0.25) is 5.91 Å². The molecule has 1 aliphatic rings. The second kappa shape index (κ2) is 13.9. The van der Waals surface area contributed by atoms with Gasteiger partial charge in [-0.15, -0.1) is 13.2 Å². The number of ether oxygens (including phenoxy) is 1. The molecule has 3 amide bonds. The number of urea groups is 1. The minimum Gasteiger partial charge on any atom is -0.406 e. The Balaban J connectivity index is 1.30. The number of aryl methyl sites for hydroxylation is 2. The molecule has 4 rings (SSSR count). The van der Waals surface area contributed by atoms with E-state index in [4.69, 9.17) is 0 Å². The number of carbonyl (C=O) groups is 3. The van der Waals surface area contributed by atoms with Crippen LogP contribution in [-0.4, -0.2) is 41.0 Å². The first-order chi connectivity index (χ1) is 20.4. The molecule has 1 atom stereocenters. The molecule has 1 aliphatic heterocycles. The number of amidine groups is 1. The van der Waals surface area contributed by atoms with Crippen LogP contribution in [0.15, 0.2) is 71.7 Å². The molecule has 1 N–H and O–H groups in total.